The number of benzene rings is 1. The number of hydrogen-bond acceptors (Lipinski definition) is 4. The molecular weight excluding hydrogens is 224 g/mol. The Hall–Kier alpha value is -1.26. The summed E-state index contributed by atoms with van der Waals surface area (Å²) in [6.45, 7) is 8.87. The highest BCUT2D eigenvalue weighted by molar-refractivity contribution is 5.52. The minimum absolute atomic E-state index is 0.456. The Balaban J connectivity index is 2.15. The van der Waals surface area contributed by atoms with Crippen LogP contribution in [0.3, 0.4) is 0 Å². The molecule has 2 rings (SSSR count). The van der Waals surface area contributed by atoms with Gasteiger partial charge in [0, 0.05) is 37.9 Å². The van der Waals surface area contributed by atoms with Crippen molar-refractivity contribution in [3.8, 4) is 0 Å². The van der Waals surface area contributed by atoms with Crippen molar-refractivity contribution < 1.29 is 0 Å². The zero-order valence-electron chi connectivity index (χ0n) is 11.6. The minimum atomic E-state index is 0.456. The maximum Gasteiger partial charge on any atom is 0.0526 e. The number of likely N-dealkylation sites (N-methyl/N-ethyl adjacent to an activating group) is 1. The molecule has 1 aromatic carbocycles. The van der Waals surface area contributed by atoms with Gasteiger partial charge in [0.1, 0.15) is 0 Å². The van der Waals surface area contributed by atoms with Gasteiger partial charge in [0.15, 0.2) is 0 Å². The topological polar surface area (TPSA) is 35.7 Å². The second-order valence-corrected chi connectivity index (χ2v) is 5.29. The minimum Gasteiger partial charge on any atom is -0.399 e. The average molecular weight is 248 g/mol. The molecule has 0 spiro atoms. The highest BCUT2D eigenvalue weighted by Crippen LogP contribution is 2.21. The predicted octanol–water partition coefficient (Wildman–Crippen LogP) is 1.65. The maximum absolute atomic E-state index is 5.76. The van der Waals surface area contributed by atoms with E-state index >= 15 is 0 Å². The van der Waals surface area contributed by atoms with Gasteiger partial charge in [0.25, 0.3) is 0 Å². The van der Waals surface area contributed by atoms with E-state index in [1.165, 1.54) is 5.69 Å². The molecule has 1 heterocycles. The molecule has 100 valence electrons. The van der Waals surface area contributed by atoms with E-state index in [4.69, 9.17) is 5.73 Å². The Morgan fingerprint density at radius 1 is 1.06 bits per heavy atom. The number of anilines is 2. The molecule has 1 aromatic rings. The number of piperazine rings is 1. The summed E-state index contributed by atoms with van der Waals surface area (Å²) in [5.41, 5.74) is 7.81. The Morgan fingerprint density at radius 3 is 2.11 bits per heavy atom. The largest absolute Gasteiger partial charge is 0.399 e. The quantitative estimate of drug-likeness (QED) is 0.825. The Kier molecular flexibility index (Phi) is 4.09. The summed E-state index contributed by atoms with van der Waals surface area (Å²) in [6.07, 6.45) is 0. The number of nitrogens with two attached hydrogens (primary N) is 1. The van der Waals surface area contributed by atoms with Gasteiger partial charge in [0.05, 0.1) is 5.69 Å². The maximum atomic E-state index is 5.76. The molecule has 1 aliphatic heterocycles. The summed E-state index contributed by atoms with van der Waals surface area (Å²) in [6, 6.07) is 8.61. The van der Waals surface area contributed by atoms with Gasteiger partial charge < -0.3 is 15.6 Å². The molecule has 2 N–H and O–H groups in total. The normalized spacial score (nSPS) is 18.2. The molecular formula is C14H24N4. The molecule has 0 atom stereocenters. The van der Waals surface area contributed by atoms with Crippen LogP contribution in [0, 0.1) is 0 Å². The first-order valence-corrected chi connectivity index (χ1v) is 6.66. The van der Waals surface area contributed by atoms with E-state index in [9.17, 15) is 0 Å². The van der Waals surface area contributed by atoms with Gasteiger partial charge in [-0.15, -0.1) is 0 Å². The predicted molar refractivity (Wildman–Crippen MR) is 77.5 cm³/mol. The van der Waals surface area contributed by atoms with E-state index in [1.54, 1.807) is 0 Å². The van der Waals surface area contributed by atoms with Crippen LogP contribution in [-0.2, 0) is 0 Å². The third-order valence-corrected chi connectivity index (χ3v) is 3.43. The molecule has 4 heteroatoms. The van der Waals surface area contributed by atoms with Crippen molar-refractivity contribution in [3.05, 3.63) is 24.3 Å². The smallest absolute Gasteiger partial charge is 0.0526 e. The summed E-state index contributed by atoms with van der Waals surface area (Å²) >= 11 is 0. The molecule has 0 aliphatic carbocycles. The van der Waals surface area contributed by atoms with Crippen LogP contribution in [0.2, 0.25) is 0 Å². The van der Waals surface area contributed by atoms with Crippen LogP contribution >= 0.6 is 0 Å². The molecule has 4 nitrogen and oxygen atoms in total. The molecule has 18 heavy (non-hydrogen) atoms. The zero-order chi connectivity index (χ0) is 13.1. The van der Waals surface area contributed by atoms with Crippen LogP contribution in [0.15, 0.2) is 24.3 Å². The number of hydrogen-bond donors (Lipinski definition) is 1. The summed E-state index contributed by atoms with van der Waals surface area (Å²) in [4.78, 5) is 2.37. The Bertz CT molecular complexity index is 366. The van der Waals surface area contributed by atoms with E-state index in [1.807, 2.05) is 12.1 Å². The van der Waals surface area contributed by atoms with E-state index in [-0.39, 0.29) is 0 Å². The first kappa shape index (κ1) is 13.2. The molecule has 0 amide bonds. The van der Waals surface area contributed by atoms with Crippen molar-refractivity contribution >= 4 is 11.4 Å². The van der Waals surface area contributed by atoms with Gasteiger partial charge >= 0.3 is 0 Å². The first-order valence-electron chi connectivity index (χ1n) is 6.66. The molecule has 0 unspecified atom stereocenters. The summed E-state index contributed by atoms with van der Waals surface area (Å²) in [5, 5.41) is 4.82. The van der Waals surface area contributed by atoms with Crippen LogP contribution in [0.1, 0.15) is 13.8 Å². The molecule has 1 aliphatic rings. The van der Waals surface area contributed by atoms with E-state index in [2.05, 4.69) is 47.9 Å². The Labute approximate surface area is 110 Å². The number of nitrogens with zero attached hydrogens (tertiary/aromatic N) is 3. The van der Waals surface area contributed by atoms with Crippen LogP contribution < -0.4 is 10.7 Å². The van der Waals surface area contributed by atoms with Gasteiger partial charge in [-0.05, 0) is 45.2 Å². The lowest BCUT2D eigenvalue weighted by Crippen LogP contribution is -2.55. The molecule has 0 bridgehead atoms. The third-order valence-electron chi connectivity index (χ3n) is 3.43. The molecule has 0 aromatic heterocycles. The van der Waals surface area contributed by atoms with Gasteiger partial charge in [-0.2, -0.15) is 0 Å². The summed E-state index contributed by atoms with van der Waals surface area (Å²) < 4.78 is 0. The Morgan fingerprint density at radius 2 is 1.61 bits per heavy atom. The zero-order valence-corrected chi connectivity index (χ0v) is 11.6. The molecule has 1 fully saturated rings. The number of hydrazine groups is 1. The summed E-state index contributed by atoms with van der Waals surface area (Å²) in [5.74, 6) is 0. The lowest BCUT2D eigenvalue weighted by Gasteiger charge is -2.43. The molecule has 0 radical (unpaired) electrons. The number of rotatable bonds is 3. The van der Waals surface area contributed by atoms with Crippen LogP contribution in [-0.4, -0.2) is 49.2 Å². The fourth-order valence-corrected chi connectivity index (χ4v) is 2.43. The lowest BCUT2D eigenvalue weighted by molar-refractivity contribution is 0.133. The third kappa shape index (κ3) is 2.94. The van der Waals surface area contributed by atoms with Gasteiger partial charge in [-0.1, -0.05) is 0 Å². The lowest BCUT2D eigenvalue weighted by atomic mass is 10.2. The second kappa shape index (κ2) is 5.59. The highest BCUT2D eigenvalue weighted by Gasteiger charge is 2.22. The van der Waals surface area contributed by atoms with Crippen LogP contribution in [0.4, 0.5) is 11.4 Å². The fraction of sp³-hybridized carbons (Fsp3) is 0.571. The van der Waals surface area contributed by atoms with Crippen molar-refractivity contribution in [2.75, 3.05) is 44.0 Å². The standard InChI is InChI=1S/C14H24N4/c1-12(2)18(14-6-4-13(15)5-7-14)17-10-8-16(3)9-11-17/h4-7,12H,8-11,15H2,1-3H3. The van der Waals surface area contributed by atoms with E-state index in [0.717, 1.165) is 31.9 Å². The van der Waals surface area contributed by atoms with Crippen molar-refractivity contribution in [1.82, 2.24) is 9.91 Å². The van der Waals surface area contributed by atoms with Gasteiger partial charge in [-0.3, -0.25) is 0 Å². The molecule has 0 saturated carbocycles. The average Bonchev–Trinajstić information content (AvgIpc) is 2.34. The molecule has 1 saturated heterocycles. The van der Waals surface area contributed by atoms with Gasteiger partial charge in [-0.25, -0.2) is 5.01 Å². The van der Waals surface area contributed by atoms with E-state index in [0.29, 0.717) is 6.04 Å². The first-order chi connectivity index (χ1) is 8.58. The van der Waals surface area contributed by atoms with Gasteiger partial charge in [0.2, 0.25) is 0 Å². The van der Waals surface area contributed by atoms with Crippen molar-refractivity contribution in [3.63, 3.8) is 0 Å². The monoisotopic (exact) mass is 248 g/mol. The van der Waals surface area contributed by atoms with Crippen molar-refractivity contribution in [2.45, 2.75) is 19.9 Å². The SMILES string of the molecule is CC(C)N(c1ccc(N)cc1)N1CCN(C)CC1. The van der Waals surface area contributed by atoms with Crippen molar-refractivity contribution in [2.24, 2.45) is 0 Å². The van der Waals surface area contributed by atoms with Crippen LogP contribution in [0.25, 0.3) is 0 Å². The summed E-state index contributed by atoms with van der Waals surface area (Å²) in [7, 11) is 2.18. The fourth-order valence-electron chi connectivity index (χ4n) is 2.43. The number of nitrogen functional groups attached to an aromatic ring is 1. The van der Waals surface area contributed by atoms with Crippen LogP contribution in [0.5, 0.6) is 0 Å². The van der Waals surface area contributed by atoms with Crippen molar-refractivity contribution in [1.29, 1.82) is 0 Å². The van der Waals surface area contributed by atoms with E-state index < -0.39 is 0 Å². The highest BCUT2D eigenvalue weighted by atomic mass is 15.6. The second-order valence-electron chi connectivity index (χ2n) is 5.29.